The quantitative estimate of drug-likeness (QED) is 0.288. The van der Waals surface area contributed by atoms with Gasteiger partial charge in [0.25, 0.3) is 0 Å². The number of carboxylic acid groups (broad SMARTS) is 1. The van der Waals surface area contributed by atoms with Crippen molar-refractivity contribution in [1.82, 2.24) is 4.90 Å². The van der Waals surface area contributed by atoms with E-state index >= 15 is 0 Å². The maximum absolute atomic E-state index is 14.7. The number of hydrogen-bond acceptors (Lipinski definition) is 6. The molecule has 0 radical (unpaired) electrons. The number of aliphatic carboxylic acids is 1. The number of carbonyl (C=O) groups excluding carboxylic acids is 1. The van der Waals surface area contributed by atoms with Gasteiger partial charge in [0.15, 0.2) is 11.5 Å². The van der Waals surface area contributed by atoms with Crippen LogP contribution in [0.4, 0.5) is 0 Å². The van der Waals surface area contributed by atoms with Gasteiger partial charge in [-0.15, -0.1) is 0 Å². The lowest BCUT2D eigenvalue weighted by molar-refractivity contribution is -0.165. The molecule has 1 aliphatic heterocycles. The Balaban J connectivity index is 1.62. The van der Waals surface area contributed by atoms with E-state index in [0.717, 1.165) is 56.1 Å². The Kier molecular flexibility index (Phi) is 10.9. The summed E-state index contributed by atoms with van der Waals surface area (Å²) in [6, 6.07) is 13.7. The van der Waals surface area contributed by atoms with Gasteiger partial charge in [0.05, 0.1) is 33.9 Å². The number of hydrogen-bond donors (Lipinski definition) is 1. The summed E-state index contributed by atoms with van der Waals surface area (Å²) in [6.07, 6.45) is 8.04. The number of rotatable bonds is 13. The lowest BCUT2D eigenvalue weighted by Gasteiger charge is -2.46. The van der Waals surface area contributed by atoms with E-state index in [4.69, 9.17) is 18.9 Å². The second-order valence-corrected chi connectivity index (χ2v) is 11.3. The van der Waals surface area contributed by atoms with Gasteiger partial charge in [-0.3, -0.25) is 4.79 Å². The number of methoxy groups -OCH3 is 3. The molecule has 1 heterocycles. The number of benzene rings is 2. The van der Waals surface area contributed by atoms with Gasteiger partial charge in [-0.1, -0.05) is 49.6 Å². The Morgan fingerprint density at radius 1 is 0.951 bits per heavy atom. The van der Waals surface area contributed by atoms with Crippen molar-refractivity contribution >= 4 is 11.9 Å². The minimum atomic E-state index is -1.25. The van der Waals surface area contributed by atoms with Crippen LogP contribution >= 0.6 is 0 Å². The summed E-state index contributed by atoms with van der Waals surface area (Å²) in [7, 11) is 4.69. The van der Waals surface area contributed by atoms with Crippen molar-refractivity contribution in [2.45, 2.75) is 82.3 Å². The standard InChI is InChI=1S/C33H45NO7/c1-38-27-21-26(22-28(39-2)30(27)40-3)29(25-15-8-5-9-16-25)31(35)34-19-11-10-17-33(34,32(36)37)18-12-20-41-23-24-13-6-4-7-14-24/h4,6-7,13-14,21-22,25,29H,5,8-12,15-20,23H2,1-3H3,(H,36,37). The molecule has 1 amide bonds. The smallest absolute Gasteiger partial charge is 0.329 e. The highest BCUT2D eigenvalue weighted by Gasteiger charge is 2.50. The lowest BCUT2D eigenvalue weighted by Crippen LogP contribution is -2.61. The molecule has 1 saturated carbocycles. The van der Waals surface area contributed by atoms with E-state index in [2.05, 4.69) is 0 Å². The van der Waals surface area contributed by atoms with Gasteiger partial charge in [0.1, 0.15) is 5.54 Å². The number of nitrogens with zero attached hydrogens (tertiary/aromatic N) is 1. The SMILES string of the molecule is COc1cc(C(C(=O)N2CCCCC2(CCCOCc2ccccc2)C(=O)O)C2CCCCC2)cc(OC)c1OC. The summed E-state index contributed by atoms with van der Waals surface area (Å²) < 4.78 is 22.7. The summed E-state index contributed by atoms with van der Waals surface area (Å²) in [4.78, 5) is 29.4. The van der Waals surface area contributed by atoms with Gasteiger partial charge in [0.2, 0.25) is 11.7 Å². The molecule has 4 rings (SSSR count). The van der Waals surface area contributed by atoms with Crippen molar-refractivity contribution in [2.75, 3.05) is 34.5 Å². The van der Waals surface area contributed by atoms with Crippen LogP contribution in [0.15, 0.2) is 42.5 Å². The number of likely N-dealkylation sites (tertiary alicyclic amines) is 1. The van der Waals surface area contributed by atoms with E-state index in [-0.39, 0.29) is 11.8 Å². The van der Waals surface area contributed by atoms with Crippen LogP contribution in [-0.2, 0) is 20.9 Å². The van der Waals surface area contributed by atoms with Crippen molar-refractivity contribution in [3.05, 3.63) is 53.6 Å². The van der Waals surface area contributed by atoms with Gasteiger partial charge < -0.3 is 29.0 Å². The molecule has 0 aromatic heterocycles. The molecule has 1 aliphatic carbocycles. The highest BCUT2D eigenvalue weighted by Crippen LogP contribution is 2.46. The molecular weight excluding hydrogens is 522 g/mol. The molecular formula is C33H45NO7. The molecule has 0 spiro atoms. The van der Waals surface area contributed by atoms with E-state index in [0.29, 0.717) is 56.3 Å². The third-order valence-electron chi connectivity index (χ3n) is 8.83. The van der Waals surface area contributed by atoms with Crippen molar-refractivity contribution in [3.8, 4) is 17.2 Å². The summed E-state index contributed by atoms with van der Waals surface area (Å²) in [5.41, 5.74) is 0.613. The highest BCUT2D eigenvalue weighted by molar-refractivity contribution is 5.91. The fourth-order valence-electron chi connectivity index (χ4n) is 6.71. The highest BCUT2D eigenvalue weighted by atomic mass is 16.5. The van der Waals surface area contributed by atoms with Crippen LogP contribution in [0.5, 0.6) is 17.2 Å². The number of amides is 1. The topological polar surface area (TPSA) is 94.5 Å². The van der Waals surface area contributed by atoms with Gasteiger partial charge >= 0.3 is 5.97 Å². The van der Waals surface area contributed by atoms with Crippen LogP contribution in [0, 0.1) is 5.92 Å². The maximum atomic E-state index is 14.7. The zero-order valence-corrected chi connectivity index (χ0v) is 24.7. The Labute approximate surface area is 243 Å². The molecule has 2 atom stereocenters. The average molecular weight is 568 g/mol. The van der Waals surface area contributed by atoms with Crippen molar-refractivity contribution in [1.29, 1.82) is 0 Å². The number of carbonyl (C=O) groups is 2. The number of carboxylic acids is 1. The fourth-order valence-corrected chi connectivity index (χ4v) is 6.71. The van der Waals surface area contributed by atoms with E-state index in [1.165, 1.54) is 0 Å². The molecule has 2 fully saturated rings. The molecule has 2 unspecified atom stereocenters. The zero-order chi connectivity index (χ0) is 29.2. The van der Waals surface area contributed by atoms with Crippen LogP contribution in [0.3, 0.4) is 0 Å². The van der Waals surface area contributed by atoms with Gasteiger partial charge in [0, 0.05) is 13.2 Å². The van der Waals surface area contributed by atoms with Crippen LogP contribution < -0.4 is 14.2 Å². The second kappa shape index (κ2) is 14.6. The molecule has 1 saturated heterocycles. The molecule has 8 heteroatoms. The third kappa shape index (κ3) is 6.97. The van der Waals surface area contributed by atoms with E-state index in [1.807, 2.05) is 42.5 Å². The minimum Gasteiger partial charge on any atom is -0.493 e. The summed E-state index contributed by atoms with van der Waals surface area (Å²) in [6.45, 7) is 1.35. The first kappa shape index (κ1) is 30.7. The first-order valence-corrected chi connectivity index (χ1v) is 14.9. The molecule has 2 aromatic rings. The number of piperidine rings is 1. The molecule has 2 aromatic carbocycles. The second-order valence-electron chi connectivity index (χ2n) is 11.3. The predicted molar refractivity (Wildman–Crippen MR) is 157 cm³/mol. The summed E-state index contributed by atoms with van der Waals surface area (Å²) >= 11 is 0. The first-order chi connectivity index (χ1) is 19.9. The van der Waals surface area contributed by atoms with Crippen molar-refractivity contribution in [2.24, 2.45) is 5.92 Å². The lowest BCUT2D eigenvalue weighted by atomic mass is 9.74. The van der Waals surface area contributed by atoms with Gasteiger partial charge in [-0.2, -0.15) is 0 Å². The Bertz CT molecular complexity index is 1120. The average Bonchev–Trinajstić information content (AvgIpc) is 3.01. The first-order valence-electron chi connectivity index (χ1n) is 14.9. The molecule has 41 heavy (non-hydrogen) atoms. The monoisotopic (exact) mass is 567 g/mol. The summed E-state index contributed by atoms with van der Waals surface area (Å²) in [5.74, 6) is 0.0431. The largest absolute Gasteiger partial charge is 0.493 e. The van der Waals surface area contributed by atoms with Gasteiger partial charge in [-0.25, -0.2) is 4.79 Å². The predicted octanol–water partition coefficient (Wildman–Crippen LogP) is 6.21. The van der Waals surface area contributed by atoms with E-state index in [1.54, 1.807) is 26.2 Å². The van der Waals surface area contributed by atoms with E-state index < -0.39 is 17.4 Å². The Morgan fingerprint density at radius 3 is 2.24 bits per heavy atom. The van der Waals surface area contributed by atoms with Crippen LogP contribution in [0.1, 0.15) is 81.3 Å². The fraction of sp³-hybridized carbons (Fsp3) is 0.576. The molecule has 8 nitrogen and oxygen atoms in total. The Hall–Kier alpha value is -3.26. The van der Waals surface area contributed by atoms with Crippen LogP contribution in [0.2, 0.25) is 0 Å². The van der Waals surface area contributed by atoms with Crippen LogP contribution in [0.25, 0.3) is 0 Å². The molecule has 224 valence electrons. The third-order valence-corrected chi connectivity index (χ3v) is 8.83. The molecule has 0 bridgehead atoms. The van der Waals surface area contributed by atoms with Crippen LogP contribution in [-0.4, -0.2) is 61.9 Å². The van der Waals surface area contributed by atoms with Gasteiger partial charge in [-0.05, 0) is 74.1 Å². The van der Waals surface area contributed by atoms with Crippen molar-refractivity contribution in [3.63, 3.8) is 0 Å². The Morgan fingerprint density at radius 2 is 1.63 bits per heavy atom. The zero-order valence-electron chi connectivity index (χ0n) is 24.7. The number of ether oxygens (including phenoxy) is 4. The minimum absolute atomic E-state index is 0.113. The summed E-state index contributed by atoms with van der Waals surface area (Å²) in [5, 5.41) is 10.6. The maximum Gasteiger partial charge on any atom is 0.329 e. The van der Waals surface area contributed by atoms with Crippen molar-refractivity contribution < 1.29 is 33.6 Å². The normalized spacial score (nSPS) is 20.3. The van der Waals surface area contributed by atoms with E-state index in [9.17, 15) is 14.7 Å². The molecule has 2 aliphatic rings. The molecule has 1 N–H and O–H groups in total.